The van der Waals surface area contributed by atoms with Crippen LogP contribution in [-0.4, -0.2) is 61.1 Å². The molecular formula is C21H32BFN2O6. The lowest BCUT2D eigenvalue weighted by molar-refractivity contribution is -0.124. The smallest absolute Gasteiger partial charge is 0.465 e. The maximum Gasteiger partial charge on any atom is 0.481 e. The molecule has 0 saturated carbocycles. The fourth-order valence-electron chi connectivity index (χ4n) is 3.29. The number of amides is 2. The summed E-state index contributed by atoms with van der Waals surface area (Å²) in [6.07, 6.45) is 0.566. The van der Waals surface area contributed by atoms with Gasteiger partial charge in [-0.1, -0.05) is 12.1 Å². The molecule has 2 amide bonds. The minimum Gasteiger partial charge on any atom is -0.465 e. The lowest BCUT2D eigenvalue weighted by Gasteiger charge is -2.32. The third kappa shape index (κ3) is 6.91. The summed E-state index contributed by atoms with van der Waals surface area (Å²) in [5.74, 6) is -1.32. The third-order valence-corrected chi connectivity index (χ3v) is 5.77. The van der Waals surface area contributed by atoms with Crippen molar-refractivity contribution in [1.82, 2.24) is 10.6 Å². The Morgan fingerprint density at radius 3 is 2.23 bits per heavy atom. The number of aryl methyl sites for hydroxylation is 1. The van der Waals surface area contributed by atoms with Crippen molar-refractivity contribution in [2.75, 3.05) is 13.7 Å². The van der Waals surface area contributed by atoms with E-state index in [1.165, 1.54) is 19.2 Å². The van der Waals surface area contributed by atoms with Gasteiger partial charge in [0.15, 0.2) is 0 Å². The average molecular weight is 438 g/mol. The summed E-state index contributed by atoms with van der Waals surface area (Å²) >= 11 is 0. The molecule has 3 N–H and O–H groups in total. The van der Waals surface area contributed by atoms with Gasteiger partial charge in [-0.05, 0) is 64.7 Å². The van der Waals surface area contributed by atoms with Gasteiger partial charge in [0.1, 0.15) is 11.9 Å². The Balaban J connectivity index is 2.10. The van der Waals surface area contributed by atoms with E-state index in [2.05, 4.69) is 10.6 Å². The van der Waals surface area contributed by atoms with Crippen LogP contribution in [0.1, 0.15) is 46.1 Å². The van der Waals surface area contributed by atoms with Crippen molar-refractivity contribution in [3.63, 3.8) is 0 Å². The molecular weight excluding hydrogens is 406 g/mol. The normalized spacial score (nSPS) is 19.0. The zero-order valence-electron chi connectivity index (χ0n) is 18.7. The van der Waals surface area contributed by atoms with E-state index in [4.69, 9.17) is 19.2 Å². The molecule has 8 nitrogen and oxygen atoms in total. The first-order chi connectivity index (χ1) is 14.4. The first-order valence-corrected chi connectivity index (χ1v) is 10.3. The monoisotopic (exact) mass is 438 g/mol. The van der Waals surface area contributed by atoms with Crippen LogP contribution >= 0.6 is 0 Å². The molecule has 0 aromatic heterocycles. The molecule has 1 aromatic rings. The molecule has 31 heavy (non-hydrogen) atoms. The van der Waals surface area contributed by atoms with Crippen LogP contribution in [0.5, 0.6) is 0 Å². The van der Waals surface area contributed by atoms with Crippen LogP contribution in [0.25, 0.3) is 0 Å². The van der Waals surface area contributed by atoms with Crippen LogP contribution in [-0.2, 0) is 25.3 Å². The summed E-state index contributed by atoms with van der Waals surface area (Å²) in [6.45, 7) is 7.58. The van der Waals surface area contributed by atoms with Crippen molar-refractivity contribution < 1.29 is 33.1 Å². The van der Waals surface area contributed by atoms with Gasteiger partial charge in [-0.2, -0.15) is 0 Å². The number of carbonyl (C=O) groups excluding carboxylic acids is 1. The Labute approximate surface area is 183 Å². The third-order valence-electron chi connectivity index (χ3n) is 5.77. The van der Waals surface area contributed by atoms with Crippen LogP contribution in [0.3, 0.4) is 0 Å². The number of hydrogen-bond acceptors (Lipinski definition) is 5. The van der Waals surface area contributed by atoms with Crippen LogP contribution in [0.2, 0.25) is 0 Å². The van der Waals surface area contributed by atoms with Crippen LogP contribution in [0, 0.1) is 5.82 Å². The second-order valence-corrected chi connectivity index (χ2v) is 8.72. The minimum absolute atomic E-state index is 0.107. The van der Waals surface area contributed by atoms with Crippen LogP contribution in [0.4, 0.5) is 9.18 Å². The van der Waals surface area contributed by atoms with E-state index >= 15 is 0 Å². The fraction of sp³-hybridized carbons (Fsp3) is 0.619. The summed E-state index contributed by atoms with van der Waals surface area (Å²) in [7, 11) is 0.688. The Morgan fingerprint density at radius 2 is 1.71 bits per heavy atom. The molecule has 1 saturated heterocycles. The maximum atomic E-state index is 13.1. The molecule has 0 spiro atoms. The van der Waals surface area contributed by atoms with Crippen molar-refractivity contribution in [2.24, 2.45) is 0 Å². The Morgan fingerprint density at radius 1 is 1.13 bits per heavy atom. The number of halogens is 1. The molecule has 1 aliphatic rings. The molecule has 1 aromatic carbocycles. The summed E-state index contributed by atoms with van der Waals surface area (Å²) in [5.41, 5.74) is -0.184. The molecule has 10 heteroatoms. The lowest BCUT2D eigenvalue weighted by atomic mass is 9.75. The molecule has 0 radical (unpaired) electrons. The summed E-state index contributed by atoms with van der Waals surface area (Å²) in [5, 5.41) is 14.0. The number of methoxy groups -OCH3 is 1. The summed E-state index contributed by atoms with van der Waals surface area (Å²) < 4.78 is 30.3. The van der Waals surface area contributed by atoms with Gasteiger partial charge in [0.25, 0.3) is 0 Å². The quantitative estimate of drug-likeness (QED) is 0.485. The van der Waals surface area contributed by atoms with Crippen molar-refractivity contribution in [3.8, 4) is 0 Å². The van der Waals surface area contributed by atoms with E-state index in [1.807, 2.05) is 27.7 Å². The van der Waals surface area contributed by atoms with Gasteiger partial charge < -0.3 is 29.8 Å². The van der Waals surface area contributed by atoms with Gasteiger partial charge in [-0.3, -0.25) is 4.79 Å². The van der Waals surface area contributed by atoms with Crippen molar-refractivity contribution >= 4 is 19.1 Å². The molecule has 1 heterocycles. The Bertz CT molecular complexity index is 743. The SMILES string of the molecule is COC[C@@H](NC(=O)O)C(=O)N[C@@H](CCCc1ccc(F)cc1)B1OC(C)(C)C(C)(C)O1. The maximum absolute atomic E-state index is 13.1. The van der Waals surface area contributed by atoms with Crippen molar-refractivity contribution in [3.05, 3.63) is 35.6 Å². The van der Waals surface area contributed by atoms with Crippen molar-refractivity contribution in [1.29, 1.82) is 0 Å². The minimum atomic E-state index is -1.32. The first kappa shape index (κ1) is 25.1. The number of hydrogen-bond donors (Lipinski definition) is 3. The fourth-order valence-corrected chi connectivity index (χ4v) is 3.29. The zero-order valence-corrected chi connectivity index (χ0v) is 18.7. The second-order valence-electron chi connectivity index (χ2n) is 8.72. The second kappa shape index (κ2) is 10.4. The highest BCUT2D eigenvalue weighted by Crippen LogP contribution is 2.38. The van der Waals surface area contributed by atoms with E-state index in [0.717, 1.165) is 5.56 Å². The largest absolute Gasteiger partial charge is 0.481 e. The predicted octanol–water partition coefficient (Wildman–Crippen LogP) is 2.55. The van der Waals surface area contributed by atoms with E-state index in [1.54, 1.807) is 12.1 Å². The van der Waals surface area contributed by atoms with E-state index < -0.39 is 42.3 Å². The molecule has 2 rings (SSSR count). The summed E-state index contributed by atoms with van der Waals surface area (Å²) in [4.78, 5) is 23.8. The molecule has 172 valence electrons. The lowest BCUT2D eigenvalue weighted by Crippen LogP contribution is -2.55. The van der Waals surface area contributed by atoms with Gasteiger partial charge in [0, 0.05) is 7.11 Å². The summed E-state index contributed by atoms with van der Waals surface area (Å²) in [6, 6.07) is 5.21. The van der Waals surface area contributed by atoms with E-state index in [-0.39, 0.29) is 12.4 Å². The molecule has 2 atom stereocenters. The van der Waals surface area contributed by atoms with Gasteiger partial charge in [-0.15, -0.1) is 0 Å². The van der Waals surface area contributed by atoms with Gasteiger partial charge in [0.2, 0.25) is 5.91 Å². The Hall–Kier alpha value is -2.17. The number of ether oxygens (including phenoxy) is 1. The average Bonchev–Trinajstić information content (AvgIpc) is 2.89. The number of nitrogens with one attached hydrogen (secondary N) is 2. The first-order valence-electron chi connectivity index (χ1n) is 10.3. The molecule has 0 aliphatic carbocycles. The van der Waals surface area contributed by atoms with Crippen molar-refractivity contribution in [2.45, 2.75) is 70.1 Å². The standard InChI is InChI=1S/C21H32BFN2O6/c1-20(2)21(3,4)31-22(30-20)17(8-6-7-14-9-11-15(23)12-10-14)25-18(26)16(13-29-5)24-19(27)28/h9-12,16-17,24H,6-8,13H2,1-5H3,(H,25,26)(H,27,28)/t16-,17+/m1/s1. The molecule has 1 fully saturated rings. The molecule has 0 unspecified atom stereocenters. The number of carbonyl (C=O) groups is 2. The highest BCUT2D eigenvalue weighted by atomic mass is 19.1. The van der Waals surface area contributed by atoms with E-state index in [0.29, 0.717) is 19.3 Å². The topological polar surface area (TPSA) is 106 Å². The van der Waals surface area contributed by atoms with Gasteiger partial charge >= 0.3 is 13.2 Å². The van der Waals surface area contributed by atoms with Crippen LogP contribution in [0.15, 0.2) is 24.3 Å². The molecule has 1 aliphatic heterocycles. The number of carboxylic acid groups (broad SMARTS) is 1. The highest BCUT2D eigenvalue weighted by molar-refractivity contribution is 6.48. The highest BCUT2D eigenvalue weighted by Gasteiger charge is 2.54. The molecule has 0 bridgehead atoms. The van der Waals surface area contributed by atoms with Gasteiger partial charge in [-0.25, -0.2) is 9.18 Å². The zero-order chi connectivity index (χ0) is 23.2. The number of rotatable bonds is 10. The van der Waals surface area contributed by atoms with Gasteiger partial charge in [0.05, 0.1) is 23.8 Å². The van der Waals surface area contributed by atoms with E-state index in [9.17, 15) is 14.0 Å². The predicted molar refractivity (Wildman–Crippen MR) is 114 cm³/mol. The Kier molecular flexibility index (Phi) is 8.45. The number of benzene rings is 1. The van der Waals surface area contributed by atoms with Crippen LogP contribution < -0.4 is 10.6 Å².